The lowest BCUT2D eigenvalue weighted by Crippen LogP contribution is -2.41. The van der Waals surface area contributed by atoms with E-state index in [0.717, 1.165) is 30.5 Å². The molecule has 1 aromatic heterocycles. The van der Waals surface area contributed by atoms with E-state index >= 15 is 0 Å². The molecule has 0 aliphatic heterocycles. The molecule has 0 bridgehead atoms. The number of rotatable bonds is 5. The first kappa shape index (κ1) is 17.6. The minimum Gasteiger partial charge on any atom is -0.340 e. The monoisotopic (exact) mass is 341 g/mol. The summed E-state index contributed by atoms with van der Waals surface area (Å²) in [5.74, 6) is 0.144. The third-order valence-electron chi connectivity index (χ3n) is 5.30. The van der Waals surface area contributed by atoms with Gasteiger partial charge in [-0.05, 0) is 38.3 Å². The van der Waals surface area contributed by atoms with Crippen LogP contribution in [0.25, 0.3) is 10.9 Å². The minimum absolute atomic E-state index is 0.0674. The van der Waals surface area contributed by atoms with Gasteiger partial charge in [-0.15, -0.1) is 0 Å². The van der Waals surface area contributed by atoms with Gasteiger partial charge in [0, 0.05) is 25.6 Å². The lowest BCUT2D eigenvalue weighted by molar-refractivity contribution is -0.134. The van der Waals surface area contributed by atoms with Crippen molar-refractivity contribution in [2.75, 3.05) is 6.54 Å². The average Bonchev–Trinajstić information content (AvgIpc) is 2.63. The third kappa shape index (κ3) is 3.75. The first-order valence-corrected chi connectivity index (χ1v) is 9.36. The van der Waals surface area contributed by atoms with Crippen LogP contribution < -0.4 is 5.56 Å². The molecule has 0 N–H and O–H groups in total. The number of aryl methyl sites for hydroxylation is 2. The van der Waals surface area contributed by atoms with Crippen LogP contribution in [0.1, 0.15) is 51.0 Å². The Hall–Kier alpha value is -2.17. The van der Waals surface area contributed by atoms with Gasteiger partial charge >= 0.3 is 0 Å². The van der Waals surface area contributed by atoms with Crippen molar-refractivity contribution in [3.8, 4) is 0 Å². The van der Waals surface area contributed by atoms with Crippen molar-refractivity contribution in [3.05, 3.63) is 40.4 Å². The van der Waals surface area contributed by atoms with E-state index in [1.54, 1.807) is 17.0 Å². The summed E-state index contributed by atoms with van der Waals surface area (Å²) in [4.78, 5) is 31.7. The normalized spacial score (nSPS) is 15.4. The number of benzene rings is 1. The molecule has 1 heterocycles. The van der Waals surface area contributed by atoms with Crippen molar-refractivity contribution >= 4 is 16.8 Å². The van der Waals surface area contributed by atoms with E-state index in [2.05, 4.69) is 4.98 Å². The summed E-state index contributed by atoms with van der Waals surface area (Å²) in [5, 5.41) is 0.620. The van der Waals surface area contributed by atoms with Crippen molar-refractivity contribution < 1.29 is 4.79 Å². The van der Waals surface area contributed by atoms with Gasteiger partial charge < -0.3 is 4.90 Å². The van der Waals surface area contributed by atoms with Crippen LogP contribution in [0.5, 0.6) is 0 Å². The average molecular weight is 341 g/mol. The largest absolute Gasteiger partial charge is 0.340 e. The van der Waals surface area contributed by atoms with Crippen LogP contribution in [0.2, 0.25) is 0 Å². The highest BCUT2D eigenvalue weighted by Gasteiger charge is 2.23. The number of carbonyl (C=O) groups is 1. The highest BCUT2D eigenvalue weighted by atomic mass is 16.2. The van der Waals surface area contributed by atoms with Gasteiger partial charge in [0.2, 0.25) is 5.91 Å². The molecule has 1 aliphatic rings. The summed E-state index contributed by atoms with van der Waals surface area (Å²) in [6, 6.07) is 6.00. The van der Waals surface area contributed by atoms with Crippen molar-refractivity contribution in [2.24, 2.45) is 0 Å². The molecule has 0 unspecified atom stereocenters. The molecule has 0 radical (unpaired) electrons. The maximum absolute atomic E-state index is 12.7. The molecule has 1 amide bonds. The fraction of sp³-hybridized carbons (Fsp3) is 0.550. The highest BCUT2D eigenvalue weighted by molar-refractivity contribution is 5.80. The van der Waals surface area contributed by atoms with Crippen LogP contribution in [0.15, 0.2) is 29.3 Å². The van der Waals surface area contributed by atoms with Gasteiger partial charge in [0.25, 0.3) is 5.56 Å². The fourth-order valence-corrected chi connectivity index (χ4v) is 3.89. The van der Waals surface area contributed by atoms with Crippen LogP contribution in [0.4, 0.5) is 0 Å². The predicted octanol–water partition coefficient (Wildman–Crippen LogP) is 3.28. The predicted molar refractivity (Wildman–Crippen MR) is 99.6 cm³/mol. The molecule has 1 aliphatic carbocycles. The summed E-state index contributed by atoms with van der Waals surface area (Å²) in [7, 11) is 0. The zero-order valence-corrected chi connectivity index (χ0v) is 15.2. The Morgan fingerprint density at radius 1 is 1.28 bits per heavy atom. The Bertz CT molecular complexity index is 806. The van der Waals surface area contributed by atoms with Crippen molar-refractivity contribution in [2.45, 2.75) is 65.0 Å². The molecule has 0 spiro atoms. The zero-order valence-electron chi connectivity index (χ0n) is 15.2. The van der Waals surface area contributed by atoms with Gasteiger partial charge in [-0.25, -0.2) is 4.98 Å². The number of amides is 1. The summed E-state index contributed by atoms with van der Waals surface area (Å²) < 4.78 is 1.56. The molecule has 0 atom stereocenters. The maximum atomic E-state index is 12.7. The SMILES string of the molecule is CCN(C(=O)CCn1cnc2c(C)cccc2c1=O)C1CCCCC1. The number of aromatic nitrogens is 2. The Balaban J connectivity index is 1.72. The molecular weight excluding hydrogens is 314 g/mol. The Labute approximate surface area is 148 Å². The Morgan fingerprint density at radius 2 is 2.04 bits per heavy atom. The maximum Gasteiger partial charge on any atom is 0.261 e. The van der Waals surface area contributed by atoms with Crippen molar-refractivity contribution in [3.63, 3.8) is 0 Å². The molecule has 2 aromatic rings. The second-order valence-electron chi connectivity index (χ2n) is 6.94. The lowest BCUT2D eigenvalue weighted by Gasteiger charge is -2.33. The number of carbonyl (C=O) groups excluding carboxylic acids is 1. The van der Waals surface area contributed by atoms with E-state index < -0.39 is 0 Å². The Morgan fingerprint density at radius 3 is 2.76 bits per heavy atom. The number of hydrogen-bond donors (Lipinski definition) is 0. The Kier molecular flexibility index (Phi) is 5.51. The van der Waals surface area contributed by atoms with Crippen LogP contribution in [-0.2, 0) is 11.3 Å². The first-order valence-electron chi connectivity index (χ1n) is 9.36. The summed E-state index contributed by atoms with van der Waals surface area (Å²) in [5.41, 5.74) is 1.67. The lowest BCUT2D eigenvalue weighted by atomic mass is 9.94. The van der Waals surface area contributed by atoms with Crippen LogP contribution in [-0.4, -0.2) is 32.9 Å². The summed E-state index contributed by atoms with van der Waals surface area (Å²) >= 11 is 0. The highest BCUT2D eigenvalue weighted by Crippen LogP contribution is 2.23. The number of hydrogen-bond acceptors (Lipinski definition) is 3. The van der Waals surface area contributed by atoms with Crippen LogP contribution in [0, 0.1) is 6.92 Å². The molecule has 1 fully saturated rings. The van der Waals surface area contributed by atoms with E-state index in [1.807, 2.05) is 30.9 Å². The topological polar surface area (TPSA) is 55.2 Å². The smallest absolute Gasteiger partial charge is 0.261 e. The zero-order chi connectivity index (χ0) is 17.8. The standard InChI is InChI=1S/C20H27N3O2/c1-3-23(16-9-5-4-6-10-16)18(24)12-13-22-14-21-19-15(2)8-7-11-17(19)20(22)25/h7-8,11,14,16H,3-6,9-10,12-13H2,1-2H3. The van der Waals surface area contributed by atoms with Gasteiger partial charge in [-0.2, -0.15) is 0 Å². The fourth-order valence-electron chi connectivity index (χ4n) is 3.89. The molecule has 5 heteroatoms. The van der Waals surface area contributed by atoms with E-state index in [9.17, 15) is 9.59 Å². The van der Waals surface area contributed by atoms with Gasteiger partial charge in [-0.1, -0.05) is 31.4 Å². The number of para-hydroxylation sites is 1. The minimum atomic E-state index is -0.0674. The molecule has 3 rings (SSSR count). The van der Waals surface area contributed by atoms with Gasteiger partial charge in [0.1, 0.15) is 0 Å². The summed E-state index contributed by atoms with van der Waals surface area (Å²) in [6.07, 6.45) is 7.83. The van der Waals surface area contributed by atoms with Gasteiger partial charge in [-0.3, -0.25) is 14.2 Å². The van der Waals surface area contributed by atoms with Crippen molar-refractivity contribution in [1.29, 1.82) is 0 Å². The summed E-state index contributed by atoms with van der Waals surface area (Å²) in [6.45, 7) is 5.12. The van der Waals surface area contributed by atoms with Gasteiger partial charge in [0.15, 0.2) is 0 Å². The second-order valence-corrected chi connectivity index (χ2v) is 6.94. The molecular formula is C20H27N3O2. The van der Waals surface area contributed by atoms with E-state index in [0.29, 0.717) is 24.4 Å². The molecule has 5 nitrogen and oxygen atoms in total. The van der Waals surface area contributed by atoms with E-state index in [1.165, 1.54) is 19.3 Å². The molecule has 1 saturated carbocycles. The van der Waals surface area contributed by atoms with Crippen LogP contribution >= 0.6 is 0 Å². The quantitative estimate of drug-likeness (QED) is 0.839. The third-order valence-corrected chi connectivity index (χ3v) is 5.30. The first-order chi connectivity index (χ1) is 12.1. The van der Waals surface area contributed by atoms with Gasteiger partial charge in [0.05, 0.1) is 17.2 Å². The van der Waals surface area contributed by atoms with Crippen LogP contribution in [0.3, 0.4) is 0 Å². The van der Waals surface area contributed by atoms with E-state index in [4.69, 9.17) is 0 Å². The number of fused-ring (bicyclic) bond motifs is 1. The molecule has 134 valence electrons. The molecule has 1 aromatic carbocycles. The second kappa shape index (κ2) is 7.81. The van der Waals surface area contributed by atoms with Crippen molar-refractivity contribution in [1.82, 2.24) is 14.5 Å². The number of nitrogens with zero attached hydrogens (tertiary/aromatic N) is 3. The molecule has 25 heavy (non-hydrogen) atoms. The molecule has 0 saturated heterocycles. The van der Waals surface area contributed by atoms with E-state index in [-0.39, 0.29) is 11.5 Å².